The van der Waals surface area contributed by atoms with Crippen LogP contribution in [0.1, 0.15) is 44.1 Å². The highest BCUT2D eigenvalue weighted by atomic mass is 35.5. The molecular weight excluding hydrogens is 428 g/mol. The molecule has 1 heterocycles. The highest BCUT2D eigenvalue weighted by Gasteiger charge is 2.43. The summed E-state index contributed by atoms with van der Waals surface area (Å²) in [6.45, 7) is 9.24. The number of hydrogen-bond donors (Lipinski definition) is 0. The van der Waals surface area contributed by atoms with Crippen molar-refractivity contribution in [2.24, 2.45) is 4.99 Å². The lowest BCUT2D eigenvalue weighted by molar-refractivity contribution is -0.137. The van der Waals surface area contributed by atoms with Crippen molar-refractivity contribution < 1.29 is 22.7 Å². The summed E-state index contributed by atoms with van der Waals surface area (Å²) in [4.78, 5) is 20.6. The van der Waals surface area contributed by atoms with Gasteiger partial charge in [-0.2, -0.15) is 13.2 Å². The number of carbonyl (C=O) groups excluding carboxylic acids is 1. The van der Waals surface area contributed by atoms with E-state index in [1.807, 2.05) is 0 Å². The van der Waals surface area contributed by atoms with E-state index in [0.717, 1.165) is 0 Å². The lowest BCUT2D eigenvalue weighted by Gasteiger charge is -2.27. The van der Waals surface area contributed by atoms with E-state index in [9.17, 15) is 18.0 Å². The number of carbonyl (C=O) groups is 1. The van der Waals surface area contributed by atoms with Crippen LogP contribution in [0.5, 0.6) is 0 Å². The number of methoxy groups -OCH3 is 1. The van der Waals surface area contributed by atoms with E-state index in [1.54, 1.807) is 19.1 Å². The van der Waals surface area contributed by atoms with E-state index >= 15 is 0 Å². The van der Waals surface area contributed by atoms with Gasteiger partial charge in [0.05, 0.1) is 24.1 Å². The van der Waals surface area contributed by atoms with Crippen LogP contribution in [0.2, 0.25) is 10.0 Å². The molecule has 9 heteroatoms. The van der Waals surface area contributed by atoms with Gasteiger partial charge < -0.3 is 9.58 Å². The van der Waals surface area contributed by atoms with Gasteiger partial charge in [-0.3, -0.25) is 4.99 Å². The van der Waals surface area contributed by atoms with Crippen LogP contribution in [0, 0.1) is 6.57 Å². The zero-order valence-corrected chi connectivity index (χ0v) is 17.3. The molecule has 156 valence electrons. The number of unbranched alkanes of at least 4 members (excludes halogenated alkanes) is 1. The van der Waals surface area contributed by atoms with Crippen LogP contribution in [-0.2, 0) is 9.53 Å². The van der Waals surface area contributed by atoms with Crippen molar-refractivity contribution in [3.63, 3.8) is 0 Å². The lowest BCUT2D eigenvalue weighted by Crippen LogP contribution is -2.32. The number of nitrogens with zero attached hydrogens (tertiary/aromatic N) is 2. The van der Waals surface area contributed by atoms with Crippen molar-refractivity contribution in [1.29, 1.82) is 0 Å². The highest BCUT2D eigenvalue weighted by molar-refractivity contribution is 6.35. The maximum absolute atomic E-state index is 12.6. The number of alkyl halides is 3. The second-order valence-electron chi connectivity index (χ2n) is 6.64. The predicted molar refractivity (Wildman–Crippen MR) is 106 cm³/mol. The second kappa shape index (κ2) is 9.64. The quantitative estimate of drug-likeness (QED) is 0.288. The third kappa shape index (κ3) is 5.74. The van der Waals surface area contributed by atoms with Crippen LogP contribution in [0.3, 0.4) is 0 Å². The molecule has 4 nitrogen and oxygen atoms in total. The topological polar surface area (TPSA) is 43.0 Å². The number of ether oxygens (including phenoxy) is 1. The van der Waals surface area contributed by atoms with E-state index in [2.05, 4.69) is 9.84 Å². The summed E-state index contributed by atoms with van der Waals surface area (Å²) in [6, 6.07) is 3.96. The van der Waals surface area contributed by atoms with Gasteiger partial charge in [0.2, 0.25) is 0 Å². The van der Waals surface area contributed by atoms with E-state index < -0.39 is 30.5 Å². The van der Waals surface area contributed by atoms with E-state index in [4.69, 9.17) is 34.5 Å². The van der Waals surface area contributed by atoms with E-state index in [-0.39, 0.29) is 29.9 Å². The van der Waals surface area contributed by atoms with E-state index in [0.29, 0.717) is 22.0 Å². The van der Waals surface area contributed by atoms with Gasteiger partial charge in [0.1, 0.15) is 5.92 Å². The summed E-state index contributed by atoms with van der Waals surface area (Å²) in [7, 11) is 1.20. The Kier molecular flexibility index (Phi) is 7.73. The molecule has 2 atom stereocenters. The van der Waals surface area contributed by atoms with Gasteiger partial charge in [0, 0.05) is 16.5 Å². The highest BCUT2D eigenvalue weighted by Crippen LogP contribution is 2.42. The molecular formula is C20H19Cl2F3N2O2. The maximum atomic E-state index is 12.6. The number of allylic oxidation sites excluding steroid dienone is 1. The Morgan fingerprint density at radius 2 is 2.00 bits per heavy atom. The Balaban J connectivity index is 2.49. The molecule has 0 aliphatic carbocycles. The lowest BCUT2D eigenvalue weighted by atomic mass is 9.79. The largest absolute Gasteiger partial charge is 0.466 e. The van der Waals surface area contributed by atoms with Crippen molar-refractivity contribution in [3.8, 4) is 0 Å². The number of aliphatic imine (C=N–C) groups is 1. The standard InChI is InChI=1S/C20H19Cl2F3N2O2/c1-11-18(26-2)16(13-8-7-12(21)10-14(13)22)17(19(28)29-3)15(27-11)6-4-5-9-20(23,24)25/h7-8,10,16,18H,4-6,9H2,1,3H3. The third-order valence-corrected chi connectivity index (χ3v) is 5.21. The Hall–Kier alpha value is -2.04. The van der Waals surface area contributed by atoms with Crippen LogP contribution in [0.4, 0.5) is 13.2 Å². The first-order chi connectivity index (χ1) is 13.6. The van der Waals surface area contributed by atoms with Crippen LogP contribution in [0.25, 0.3) is 4.85 Å². The molecule has 1 aliphatic heterocycles. The minimum atomic E-state index is -4.24. The van der Waals surface area contributed by atoms with Crippen LogP contribution >= 0.6 is 23.2 Å². The predicted octanol–water partition coefficient (Wildman–Crippen LogP) is 6.39. The number of benzene rings is 1. The Morgan fingerprint density at radius 1 is 1.31 bits per heavy atom. The first-order valence-electron chi connectivity index (χ1n) is 8.83. The molecule has 2 rings (SSSR count). The fourth-order valence-electron chi connectivity index (χ4n) is 3.33. The minimum Gasteiger partial charge on any atom is -0.466 e. The van der Waals surface area contributed by atoms with Crippen LogP contribution in [-0.4, -0.2) is 31.0 Å². The molecule has 1 aliphatic rings. The normalized spacial score (nSPS) is 19.6. The van der Waals surface area contributed by atoms with Gasteiger partial charge in [0.25, 0.3) is 6.04 Å². The van der Waals surface area contributed by atoms with Crippen molar-refractivity contribution in [1.82, 2.24) is 0 Å². The molecule has 0 aromatic heterocycles. The first kappa shape index (κ1) is 23.2. The summed E-state index contributed by atoms with van der Waals surface area (Å²) in [5.74, 6) is -1.43. The van der Waals surface area contributed by atoms with Gasteiger partial charge in [-0.15, -0.1) is 0 Å². The van der Waals surface area contributed by atoms with Crippen molar-refractivity contribution in [3.05, 3.63) is 56.5 Å². The molecule has 0 bridgehead atoms. The second-order valence-corrected chi connectivity index (χ2v) is 7.49. The fourth-order valence-corrected chi connectivity index (χ4v) is 3.85. The molecule has 0 spiro atoms. The van der Waals surface area contributed by atoms with Gasteiger partial charge >= 0.3 is 12.1 Å². The number of halogens is 5. The van der Waals surface area contributed by atoms with Crippen LogP contribution < -0.4 is 0 Å². The molecule has 1 aromatic carbocycles. The monoisotopic (exact) mass is 446 g/mol. The zero-order chi connectivity index (χ0) is 21.8. The summed E-state index contributed by atoms with van der Waals surface area (Å²) < 4.78 is 42.2. The minimum absolute atomic E-state index is 0.0887. The zero-order valence-electron chi connectivity index (χ0n) is 15.8. The average Bonchev–Trinajstić information content (AvgIpc) is 2.63. The van der Waals surface area contributed by atoms with Gasteiger partial charge in [-0.05, 0) is 43.9 Å². The SMILES string of the molecule is [C-]#[N+]C1C(C)=NC(CCCCC(F)(F)F)=C(C(=O)OC)C1c1ccc(Cl)cc1Cl. The summed E-state index contributed by atoms with van der Waals surface area (Å²) in [5, 5.41) is 0.680. The number of rotatable bonds is 6. The van der Waals surface area contributed by atoms with Crippen molar-refractivity contribution in [2.75, 3.05) is 7.11 Å². The van der Waals surface area contributed by atoms with Crippen LogP contribution in [0.15, 0.2) is 34.5 Å². The smallest absolute Gasteiger partial charge is 0.389 e. The first-order valence-corrected chi connectivity index (χ1v) is 9.59. The molecule has 0 fully saturated rings. The molecule has 1 aromatic rings. The fraction of sp³-hybridized carbons (Fsp3) is 0.450. The molecule has 0 amide bonds. The molecule has 0 radical (unpaired) electrons. The van der Waals surface area contributed by atoms with Gasteiger partial charge in [-0.1, -0.05) is 29.3 Å². The van der Waals surface area contributed by atoms with Gasteiger partial charge in [0.15, 0.2) is 0 Å². The molecule has 0 saturated heterocycles. The van der Waals surface area contributed by atoms with Crippen molar-refractivity contribution in [2.45, 2.75) is 50.7 Å². The maximum Gasteiger partial charge on any atom is 0.389 e. The summed E-state index contributed by atoms with van der Waals surface area (Å²) >= 11 is 12.3. The molecule has 0 saturated carbocycles. The summed E-state index contributed by atoms with van der Waals surface area (Å²) in [5.41, 5.74) is 1.46. The molecule has 0 N–H and O–H groups in total. The number of esters is 1. The number of hydrogen-bond acceptors (Lipinski definition) is 3. The van der Waals surface area contributed by atoms with E-state index in [1.165, 1.54) is 13.2 Å². The third-order valence-electron chi connectivity index (χ3n) is 4.64. The Labute approximate surface area is 177 Å². The van der Waals surface area contributed by atoms with Crippen molar-refractivity contribution >= 4 is 34.9 Å². The summed E-state index contributed by atoms with van der Waals surface area (Å²) in [6.07, 6.45) is -4.89. The molecule has 29 heavy (non-hydrogen) atoms. The van der Waals surface area contributed by atoms with Gasteiger partial charge in [-0.25, -0.2) is 11.4 Å². The Bertz CT molecular complexity index is 889. The Morgan fingerprint density at radius 3 is 2.55 bits per heavy atom. The molecule has 2 unspecified atom stereocenters. The average molecular weight is 447 g/mol.